The third-order valence-corrected chi connectivity index (χ3v) is 5.27. The number of aliphatic carboxylic acids is 1. The number of carboxylic acids is 1. The third kappa shape index (κ3) is 33.8. The number of carboxylic acid groups (broad SMARTS) is 1. The second kappa shape index (κ2) is 29.6. The highest BCUT2D eigenvalue weighted by atomic mass is 16.6. The highest BCUT2D eigenvalue weighted by molar-refractivity contribution is 5.96. The first kappa shape index (κ1) is 34.7. The summed E-state index contributed by atoms with van der Waals surface area (Å²) in [5.74, 6) is -2.01. The molecule has 0 saturated carbocycles. The van der Waals surface area contributed by atoms with E-state index in [9.17, 15) is 14.4 Å². The molecule has 200 valence electrons. The summed E-state index contributed by atoms with van der Waals surface area (Å²) in [5, 5.41) is 8.52. The van der Waals surface area contributed by atoms with E-state index < -0.39 is 17.9 Å². The van der Waals surface area contributed by atoms with Crippen LogP contribution in [0.4, 0.5) is 0 Å². The van der Waals surface area contributed by atoms with Crippen molar-refractivity contribution in [1.29, 1.82) is 0 Å². The molecular weight excluding hydrogens is 440 g/mol. The van der Waals surface area contributed by atoms with Crippen LogP contribution in [0, 0.1) is 0 Å². The van der Waals surface area contributed by atoms with E-state index in [0.717, 1.165) is 12.8 Å². The van der Waals surface area contributed by atoms with Crippen LogP contribution >= 0.6 is 0 Å². The molecule has 35 heavy (non-hydrogen) atoms. The SMILES string of the molecule is C/C=C/C=C/C(=O)OC(=O)/C=C/C=C/C.CCCCCCCCCCCCCCCCCC(=O)O. The second-order valence-electron chi connectivity index (χ2n) is 8.60. The smallest absolute Gasteiger partial charge is 0.338 e. The summed E-state index contributed by atoms with van der Waals surface area (Å²) in [5.41, 5.74) is 0. The zero-order valence-electron chi connectivity index (χ0n) is 22.5. The van der Waals surface area contributed by atoms with Gasteiger partial charge in [0, 0.05) is 18.6 Å². The molecular formula is C30H50O5. The van der Waals surface area contributed by atoms with Crippen LogP contribution in [-0.2, 0) is 19.1 Å². The van der Waals surface area contributed by atoms with E-state index in [4.69, 9.17) is 5.11 Å². The average molecular weight is 491 g/mol. The quantitative estimate of drug-likeness (QED) is 0.0607. The Bertz CT molecular complexity index is 597. The first-order valence-electron chi connectivity index (χ1n) is 13.5. The van der Waals surface area contributed by atoms with Crippen molar-refractivity contribution in [1.82, 2.24) is 0 Å². The van der Waals surface area contributed by atoms with Gasteiger partial charge in [0.05, 0.1) is 0 Å². The number of allylic oxidation sites excluding steroid dienone is 6. The molecule has 5 heteroatoms. The predicted octanol–water partition coefficient (Wildman–Crippen LogP) is 8.65. The molecule has 0 aliphatic carbocycles. The summed E-state index contributed by atoms with van der Waals surface area (Å²) in [6.07, 6.45) is 32.4. The molecule has 0 aromatic heterocycles. The molecule has 0 aromatic carbocycles. The molecule has 0 bridgehead atoms. The molecule has 0 aromatic rings. The Labute approximate surface area is 214 Å². The van der Waals surface area contributed by atoms with Gasteiger partial charge in [0.2, 0.25) is 0 Å². The average Bonchev–Trinajstić information content (AvgIpc) is 2.82. The molecule has 0 aliphatic rings. The van der Waals surface area contributed by atoms with Crippen LogP contribution in [0.2, 0.25) is 0 Å². The molecule has 0 heterocycles. The summed E-state index contributed by atoms with van der Waals surface area (Å²) in [4.78, 5) is 32.2. The monoisotopic (exact) mass is 490 g/mol. The van der Waals surface area contributed by atoms with E-state index >= 15 is 0 Å². The summed E-state index contributed by atoms with van der Waals surface area (Å²) in [7, 11) is 0. The number of hydrogen-bond acceptors (Lipinski definition) is 4. The molecule has 0 fully saturated rings. The van der Waals surface area contributed by atoms with E-state index in [2.05, 4.69) is 11.7 Å². The number of unbranched alkanes of at least 4 members (excludes halogenated alkanes) is 14. The normalized spacial score (nSPS) is 11.4. The summed E-state index contributed by atoms with van der Waals surface area (Å²) in [6, 6.07) is 0. The maximum Gasteiger partial charge on any atom is 0.338 e. The minimum absolute atomic E-state index is 0.345. The van der Waals surface area contributed by atoms with Gasteiger partial charge in [0.1, 0.15) is 0 Å². The summed E-state index contributed by atoms with van der Waals surface area (Å²) in [6.45, 7) is 5.91. The van der Waals surface area contributed by atoms with Gasteiger partial charge < -0.3 is 9.84 Å². The van der Waals surface area contributed by atoms with Gasteiger partial charge >= 0.3 is 17.9 Å². The Hall–Kier alpha value is -2.43. The predicted molar refractivity (Wildman–Crippen MR) is 146 cm³/mol. The molecule has 1 N–H and O–H groups in total. The lowest BCUT2D eigenvalue weighted by atomic mass is 10.0. The first-order chi connectivity index (χ1) is 17.0. The van der Waals surface area contributed by atoms with Gasteiger partial charge in [-0.1, -0.05) is 133 Å². The Kier molecular flexibility index (Phi) is 29.4. The molecule has 0 rings (SSSR count). The highest BCUT2D eigenvalue weighted by Crippen LogP contribution is 2.13. The van der Waals surface area contributed by atoms with Crippen LogP contribution in [0.25, 0.3) is 0 Å². The number of carbonyl (C=O) groups is 3. The summed E-state index contributed by atoms with van der Waals surface area (Å²) < 4.78 is 4.42. The fourth-order valence-corrected chi connectivity index (χ4v) is 3.31. The largest absolute Gasteiger partial charge is 0.481 e. The van der Waals surface area contributed by atoms with Crippen molar-refractivity contribution in [2.75, 3.05) is 0 Å². The van der Waals surface area contributed by atoms with E-state index in [1.54, 1.807) is 24.3 Å². The van der Waals surface area contributed by atoms with Gasteiger partial charge in [0.25, 0.3) is 0 Å². The van der Waals surface area contributed by atoms with Crippen LogP contribution < -0.4 is 0 Å². The van der Waals surface area contributed by atoms with Gasteiger partial charge in [0.15, 0.2) is 0 Å². The molecule has 0 spiro atoms. The van der Waals surface area contributed by atoms with Crippen molar-refractivity contribution in [3.8, 4) is 0 Å². The maximum absolute atomic E-state index is 10.9. The molecule has 0 unspecified atom stereocenters. The van der Waals surface area contributed by atoms with Crippen LogP contribution in [0.3, 0.4) is 0 Å². The fourth-order valence-electron chi connectivity index (χ4n) is 3.31. The van der Waals surface area contributed by atoms with Crippen molar-refractivity contribution >= 4 is 17.9 Å². The number of ether oxygens (including phenoxy) is 1. The van der Waals surface area contributed by atoms with E-state index in [0.29, 0.717) is 6.42 Å². The van der Waals surface area contributed by atoms with Crippen LogP contribution in [0.1, 0.15) is 124 Å². The zero-order valence-corrected chi connectivity index (χ0v) is 22.5. The first-order valence-corrected chi connectivity index (χ1v) is 13.5. The van der Waals surface area contributed by atoms with Crippen molar-refractivity contribution < 1.29 is 24.2 Å². The third-order valence-electron chi connectivity index (χ3n) is 5.27. The Morgan fingerprint density at radius 2 is 0.914 bits per heavy atom. The molecule has 0 radical (unpaired) electrons. The van der Waals surface area contributed by atoms with E-state index in [1.807, 2.05) is 13.8 Å². The van der Waals surface area contributed by atoms with Gasteiger partial charge in [-0.15, -0.1) is 0 Å². The lowest BCUT2D eigenvalue weighted by molar-refractivity contribution is -0.152. The van der Waals surface area contributed by atoms with Crippen LogP contribution in [0.5, 0.6) is 0 Å². The molecule has 5 nitrogen and oxygen atoms in total. The number of carbonyl (C=O) groups excluding carboxylic acids is 2. The van der Waals surface area contributed by atoms with Crippen LogP contribution in [0.15, 0.2) is 48.6 Å². The number of hydrogen-bond donors (Lipinski definition) is 1. The van der Waals surface area contributed by atoms with Gasteiger partial charge in [-0.05, 0) is 20.3 Å². The zero-order chi connectivity index (χ0) is 26.4. The minimum Gasteiger partial charge on any atom is -0.481 e. The van der Waals surface area contributed by atoms with Gasteiger partial charge in [-0.2, -0.15) is 0 Å². The van der Waals surface area contributed by atoms with Crippen molar-refractivity contribution in [2.45, 2.75) is 124 Å². The lowest BCUT2D eigenvalue weighted by Gasteiger charge is -2.03. The van der Waals surface area contributed by atoms with Crippen molar-refractivity contribution in [2.24, 2.45) is 0 Å². The van der Waals surface area contributed by atoms with Crippen molar-refractivity contribution in [3.05, 3.63) is 48.6 Å². The lowest BCUT2D eigenvalue weighted by Crippen LogP contribution is -2.06. The standard InChI is InChI=1S/C18H36O2.C12H14O3/c1-2-3-4-5-6-7-8-9-10-11-12-13-14-15-16-17-18(19)20;1-3-5-7-9-11(13)15-12(14)10-8-6-4-2/h2-17H2,1H3,(H,19,20);3-10H,1-2H3/b;5-3+,6-4+,9-7+,10-8+. The Balaban J connectivity index is 0. The molecule has 0 saturated heterocycles. The second-order valence-corrected chi connectivity index (χ2v) is 8.60. The number of esters is 2. The Morgan fingerprint density at radius 1 is 0.571 bits per heavy atom. The summed E-state index contributed by atoms with van der Waals surface area (Å²) >= 11 is 0. The Morgan fingerprint density at radius 3 is 1.23 bits per heavy atom. The maximum atomic E-state index is 10.9. The molecule has 0 amide bonds. The van der Waals surface area contributed by atoms with E-state index in [-0.39, 0.29) is 0 Å². The van der Waals surface area contributed by atoms with Gasteiger partial charge in [-0.25, -0.2) is 9.59 Å². The van der Waals surface area contributed by atoms with E-state index in [1.165, 1.54) is 108 Å². The highest BCUT2D eigenvalue weighted by Gasteiger charge is 2.01. The number of rotatable bonds is 20. The molecule has 0 aliphatic heterocycles. The minimum atomic E-state index is -0.678. The fraction of sp³-hybridized carbons (Fsp3) is 0.633. The van der Waals surface area contributed by atoms with Crippen LogP contribution in [-0.4, -0.2) is 23.0 Å². The molecule has 0 atom stereocenters. The van der Waals surface area contributed by atoms with Gasteiger partial charge in [-0.3, -0.25) is 4.79 Å². The van der Waals surface area contributed by atoms with Crippen molar-refractivity contribution in [3.63, 3.8) is 0 Å². The topological polar surface area (TPSA) is 80.7 Å².